The van der Waals surface area contributed by atoms with Crippen LogP contribution >= 0.6 is 11.6 Å². The predicted octanol–water partition coefficient (Wildman–Crippen LogP) is 2.40. The van der Waals surface area contributed by atoms with E-state index in [1.807, 2.05) is 24.3 Å². The van der Waals surface area contributed by atoms with Gasteiger partial charge in [0.05, 0.1) is 6.54 Å². The lowest BCUT2D eigenvalue weighted by Gasteiger charge is -2.19. The lowest BCUT2D eigenvalue weighted by atomic mass is 10.1. The van der Waals surface area contributed by atoms with Crippen molar-refractivity contribution in [3.63, 3.8) is 0 Å². The van der Waals surface area contributed by atoms with E-state index in [-0.39, 0.29) is 18.4 Å². The summed E-state index contributed by atoms with van der Waals surface area (Å²) >= 11 is 5.92. The average Bonchev–Trinajstić information content (AvgIpc) is 2.64. The molecule has 0 unspecified atom stereocenters. The molecule has 0 saturated carbocycles. The van der Waals surface area contributed by atoms with E-state index in [9.17, 15) is 9.59 Å². The van der Waals surface area contributed by atoms with Crippen molar-refractivity contribution in [2.24, 2.45) is 0 Å². The Morgan fingerprint density at radius 3 is 2.95 bits per heavy atom. The second kappa shape index (κ2) is 8.03. The fourth-order valence-electron chi connectivity index (χ4n) is 2.47. The molecule has 0 bridgehead atoms. The van der Waals surface area contributed by atoms with Gasteiger partial charge in [-0.2, -0.15) is 0 Å². The van der Waals surface area contributed by atoms with Gasteiger partial charge in [0.15, 0.2) is 0 Å². The van der Waals surface area contributed by atoms with Crippen molar-refractivity contribution >= 4 is 23.4 Å². The zero-order valence-corrected chi connectivity index (χ0v) is 12.9. The summed E-state index contributed by atoms with van der Waals surface area (Å²) in [6, 6.07) is 7.60. The summed E-state index contributed by atoms with van der Waals surface area (Å²) in [6.07, 6.45) is 4.29. The zero-order chi connectivity index (χ0) is 15.1. The van der Waals surface area contributed by atoms with Crippen LogP contribution in [0.1, 0.15) is 31.2 Å². The molecule has 2 rings (SSSR count). The maximum absolute atomic E-state index is 11.9. The second-order valence-electron chi connectivity index (χ2n) is 5.36. The van der Waals surface area contributed by atoms with Crippen molar-refractivity contribution in [2.75, 3.05) is 19.6 Å². The number of rotatable bonds is 5. The Bertz CT molecular complexity index is 505. The first-order chi connectivity index (χ1) is 10.1. The standard InChI is InChI=1S/C16H21ClN2O2/c17-14-6-4-5-13(11-14)8-9-18-15(20)12-19-10-3-1-2-7-16(19)21/h4-6,11H,1-3,7-10,12H2,(H,18,20). The average molecular weight is 309 g/mol. The Kier molecular flexibility index (Phi) is 6.05. The minimum atomic E-state index is -0.0905. The normalized spacial score (nSPS) is 15.7. The Morgan fingerprint density at radius 2 is 2.14 bits per heavy atom. The van der Waals surface area contributed by atoms with E-state index < -0.39 is 0 Å². The van der Waals surface area contributed by atoms with Gasteiger partial charge < -0.3 is 10.2 Å². The maximum atomic E-state index is 11.9. The minimum absolute atomic E-state index is 0.0905. The number of amides is 2. The molecule has 4 nitrogen and oxygen atoms in total. The third-order valence-corrected chi connectivity index (χ3v) is 3.87. The van der Waals surface area contributed by atoms with Crippen molar-refractivity contribution < 1.29 is 9.59 Å². The van der Waals surface area contributed by atoms with Gasteiger partial charge in [-0.1, -0.05) is 30.2 Å². The van der Waals surface area contributed by atoms with E-state index in [1.54, 1.807) is 4.90 Å². The monoisotopic (exact) mass is 308 g/mol. The van der Waals surface area contributed by atoms with Gasteiger partial charge in [-0.05, 0) is 37.0 Å². The summed E-state index contributed by atoms with van der Waals surface area (Å²) in [5, 5.41) is 3.57. The molecule has 1 aliphatic rings. The highest BCUT2D eigenvalue weighted by molar-refractivity contribution is 6.30. The van der Waals surface area contributed by atoms with E-state index in [4.69, 9.17) is 11.6 Å². The Hall–Kier alpha value is -1.55. The van der Waals surface area contributed by atoms with E-state index >= 15 is 0 Å². The zero-order valence-electron chi connectivity index (χ0n) is 12.1. The van der Waals surface area contributed by atoms with Crippen LogP contribution in [-0.4, -0.2) is 36.3 Å². The fourth-order valence-corrected chi connectivity index (χ4v) is 2.69. The highest BCUT2D eigenvalue weighted by atomic mass is 35.5. The molecule has 0 radical (unpaired) electrons. The molecular weight excluding hydrogens is 288 g/mol. The molecule has 0 atom stereocenters. The smallest absolute Gasteiger partial charge is 0.239 e. The minimum Gasteiger partial charge on any atom is -0.354 e. The number of hydrogen-bond acceptors (Lipinski definition) is 2. The first-order valence-electron chi connectivity index (χ1n) is 7.44. The second-order valence-corrected chi connectivity index (χ2v) is 5.79. The molecule has 114 valence electrons. The number of halogens is 1. The van der Waals surface area contributed by atoms with E-state index in [2.05, 4.69) is 5.32 Å². The number of nitrogens with one attached hydrogen (secondary N) is 1. The van der Waals surface area contributed by atoms with Crippen LogP contribution in [0.4, 0.5) is 0 Å². The van der Waals surface area contributed by atoms with Crippen LogP contribution in [0.3, 0.4) is 0 Å². The van der Waals surface area contributed by atoms with Gasteiger partial charge in [-0.15, -0.1) is 0 Å². The van der Waals surface area contributed by atoms with Crippen LogP contribution in [-0.2, 0) is 16.0 Å². The van der Waals surface area contributed by atoms with Gasteiger partial charge in [0.25, 0.3) is 0 Å². The van der Waals surface area contributed by atoms with E-state index in [1.165, 1.54) is 0 Å². The van der Waals surface area contributed by atoms with Crippen LogP contribution < -0.4 is 5.32 Å². The molecule has 1 aromatic rings. The first kappa shape index (κ1) is 15.8. The molecule has 2 amide bonds. The molecule has 0 spiro atoms. The predicted molar refractivity (Wildman–Crippen MR) is 83.2 cm³/mol. The third-order valence-electron chi connectivity index (χ3n) is 3.63. The molecule has 1 aliphatic heterocycles. The van der Waals surface area contributed by atoms with Gasteiger partial charge >= 0.3 is 0 Å². The van der Waals surface area contributed by atoms with Gasteiger partial charge in [-0.3, -0.25) is 9.59 Å². The molecule has 0 aromatic heterocycles. The molecule has 21 heavy (non-hydrogen) atoms. The van der Waals surface area contributed by atoms with E-state index in [0.29, 0.717) is 24.5 Å². The summed E-state index contributed by atoms with van der Waals surface area (Å²) < 4.78 is 0. The highest BCUT2D eigenvalue weighted by Gasteiger charge is 2.18. The van der Waals surface area contributed by atoms with Crippen molar-refractivity contribution in [3.8, 4) is 0 Å². The molecule has 1 fully saturated rings. The molecule has 1 saturated heterocycles. The number of likely N-dealkylation sites (tertiary alicyclic amines) is 1. The number of hydrogen-bond donors (Lipinski definition) is 1. The summed E-state index contributed by atoms with van der Waals surface area (Å²) in [4.78, 5) is 25.4. The molecule has 1 heterocycles. The van der Waals surface area contributed by atoms with Crippen LogP contribution in [0.5, 0.6) is 0 Å². The molecule has 1 aromatic carbocycles. The van der Waals surface area contributed by atoms with Gasteiger partial charge in [0.2, 0.25) is 11.8 Å². The molecular formula is C16H21ClN2O2. The Morgan fingerprint density at radius 1 is 1.29 bits per heavy atom. The highest BCUT2D eigenvalue weighted by Crippen LogP contribution is 2.11. The SMILES string of the molecule is O=C(CN1CCCCCC1=O)NCCc1cccc(Cl)c1. The topological polar surface area (TPSA) is 49.4 Å². The first-order valence-corrected chi connectivity index (χ1v) is 7.82. The van der Waals surface area contributed by atoms with Crippen molar-refractivity contribution in [3.05, 3.63) is 34.9 Å². The number of carbonyl (C=O) groups excluding carboxylic acids is 2. The Balaban J connectivity index is 1.73. The molecule has 5 heteroatoms. The van der Waals surface area contributed by atoms with Crippen molar-refractivity contribution in [1.29, 1.82) is 0 Å². The number of benzene rings is 1. The lowest BCUT2D eigenvalue weighted by molar-refractivity contribution is -0.135. The maximum Gasteiger partial charge on any atom is 0.239 e. The van der Waals surface area contributed by atoms with Crippen LogP contribution in [0.25, 0.3) is 0 Å². The fraction of sp³-hybridized carbons (Fsp3) is 0.500. The summed E-state index contributed by atoms with van der Waals surface area (Å²) in [6.45, 7) is 1.43. The van der Waals surface area contributed by atoms with Crippen LogP contribution in [0, 0.1) is 0 Å². The number of carbonyl (C=O) groups is 2. The van der Waals surface area contributed by atoms with Gasteiger partial charge in [0.1, 0.15) is 0 Å². The van der Waals surface area contributed by atoms with Crippen molar-refractivity contribution in [1.82, 2.24) is 10.2 Å². The van der Waals surface area contributed by atoms with Crippen LogP contribution in [0.2, 0.25) is 5.02 Å². The third kappa shape index (κ3) is 5.38. The lowest BCUT2D eigenvalue weighted by Crippen LogP contribution is -2.41. The Labute approximate surface area is 130 Å². The summed E-state index contributed by atoms with van der Waals surface area (Å²) in [7, 11) is 0. The van der Waals surface area contributed by atoms with E-state index in [0.717, 1.165) is 31.2 Å². The van der Waals surface area contributed by atoms with Gasteiger partial charge in [-0.25, -0.2) is 0 Å². The number of nitrogens with zero attached hydrogens (tertiary/aromatic N) is 1. The summed E-state index contributed by atoms with van der Waals surface area (Å²) in [5.41, 5.74) is 1.09. The summed E-state index contributed by atoms with van der Waals surface area (Å²) in [5.74, 6) is 0.00442. The van der Waals surface area contributed by atoms with Crippen LogP contribution in [0.15, 0.2) is 24.3 Å². The quantitative estimate of drug-likeness (QED) is 0.908. The largest absolute Gasteiger partial charge is 0.354 e. The van der Waals surface area contributed by atoms with Gasteiger partial charge in [0, 0.05) is 24.5 Å². The molecule has 0 aliphatic carbocycles. The molecule has 1 N–H and O–H groups in total. The van der Waals surface area contributed by atoms with Crippen molar-refractivity contribution in [2.45, 2.75) is 32.1 Å².